The average molecular weight is 336 g/mol. The van der Waals surface area contributed by atoms with E-state index in [9.17, 15) is 8.42 Å². The lowest BCUT2D eigenvalue weighted by Gasteiger charge is -2.11. The number of nitrogens with zero attached hydrogens (tertiary/aromatic N) is 3. The van der Waals surface area contributed by atoms with E-state index >= 15 is 0 Å². The highest BCUT2D eigenvalue weighted by molar-refractivity contribution is 7.89. The molecule has 0 saturated heterocycles. The molecule has 108 valence electrons. The number of nitrogen functional groups attached to an aromatic ring is 1. The lowest BCUT2D eigenvalue weighted by molar-refractivity contribution is 0.553. The molecule has 2 aromatic rings. The van der Waals surface area contributed by atoms with E-state index in [0.717, 1.165) is 0 Å². The molecular formula is C10H11Cl2N5O2S. The molecule has 0 aliphatic carbocycles. The second-order valence-electron chi connectivity index (χ2n) is 3.87. The van der Waals surface area contributed by atoms with Crippen LogP contribution in [0.2, 0.25) is 10.0 Å². The number of sulfonamides is 1. The first kappa shape index (κ1) is 15.0. The van der Waals surface area contributed by atoms with Gasteiger partial charge in [-0.3, -0.25) is 4.68 Å². The third kappa shape index (κ3) is 3.40. The van der Waals surface area contributed by atoms with Gasteiger partial charge in [0.15, 0.2) is 0 Å². The molecule has 0 amide bonds. The molecule has 0 unspecified atom stereocenters. The number of halogens is 2. The van der Waals surface area contributed by atoms with Gasteiger partial charge in [0.1, 0.15) is 4.90 Å². The maximum absolute atomic E-state index is 12.1. The van der Waals surface area contributed by atoms with Crippen LogP contribution in [0.3, 0.4) is 0 Å². The Kier molecular flexibility index (Phi) is 4.48. The predicted molar refractivity (Wildman–Crippen MR) is 76.1 cm³/mol. The van der Waals surface area contributed by atoms with Crippen molar-refractivity contribution in [1.29, 1.82) is 0 Å². The Labute approximate surface area is 125 Å². The van der Waals surface area contributed by atoms with Crippen molar-refractivity contribution in [1.82, 2.24) is 19.7 Å². The summed E-state index contributed by atoms with van der Waals surface area (Å²) < 4.78 is 28.2. The highest BCUT2D eigenvalue weighted by Gasteiger charge is 2.21. The van der Waals surface area contributed by atoms with Crippen LogP contribution >= 0.6 is 23.2 Å². The summed E-state index contributed by atoms with van der Waals surface area (Å²) in [5.74, 6) is 0. The lowest BCUT2D eigenvalue weighted by atomic mass is 10.3. The van der Waals surface area contributed by atoms with Gasteiger partial charge in [-0.1, -0.05) is 28.4 Å². The second kappa shape index (κ2) is 5.96. The van der Waals surface area contributed by atoms with Crippen molar-refractivity contribution in [3.63, 3.8) is 0 Å². The van der Waals surface area contributed by atoms with Gasteiger partial charge in [-0.05, 0) is 12.1 Å². The van der Waals surface area contributed by atoms with Gasteiger partial charge in [0.2, 0.25) is 10.0 Å². The average Bonchev–Trinajstić information content (AvgIpc) is 2.79. The number of nitrogens with one attached hydrogen (secondary N) is 1. The molecule has 20 heavy (non-hydrogen) atoms. The van der Waals surface area contributed by atoms with Crippen LogP contribution in [0.4, 0.5) is 5.69 Å². The molecule has 0 aliphatic rings. The summed E-state index contributed by atoms with van der Waals surface area (Å²) in [7, 11) is -3.82. The minimum absolute atomic E-state index is 0.00393. The molecular weight excluding hydrogens is 325 g/mol. The Morgan fingerprint density at radius 1 is 1.35 bits per heavy atom. The molecule has 7 nitrogen and oxygen atoms in total. The van der Waals surface area contributed by atoms with Gasteiger partial charge in [-0.2, -0.15) is 0 Å². The van der Waals surface area contributed by atoms with Crippen molar-refractivity contribution in [2.24, 2.45) is 0 Å². The van der Waals surface area contributed by atoms with E-state index < -0.39 is 10.0 Å². The predicted octanol–water partition coefficient (Wildman–Crippen LogP) is 1.15. The molecule has 10 heteroatoms. The van der Waals surface area contributed by atoms with Crippen molar-refractivity contribution in [2.75, 3.05) is 12.3 Å². The summed E-state index contributed by atoms with van der Waals surface area (Å²) in [5, 5.41) is 7.58. The Bertz CT molecular complexity index is 679. The summed E-state index contributed by atoms with van der Waals surface area (Å²) in [6, 6.07) is 2.66. The zero-order chi connectivity index (χ0) is 14.8. The molecule has 1 heterocycles. The van der Waals surface area contributed by atoms with E-state index in [1.807, 2.05) is 0 Å². The molecule has 0 aliphatic heterocycles. The molecule has 0 fully saturated rings. The summed E-state index contributed by atoms with van der Waals surface area (Å²) >= 11 is 11.6. The van der Waals surface area contributed by atoms with Crippen LogP contribution in [0.25, 0.3) is 0 Å². The van der Waals surface area contributed by atoms with Gasteiger partial charge < -0.3 is 5.73 Å². The fourth-order valence-corrected chi connectivity index (χ4v) is 3.59. The molecule has 0 atom stereocenters. The number of benzene rings is 1. The largest absolute Gasteiger partial charge is 0.398 e. The molecule has 3 N–H and O–H groups in total. The summed E-state index contributed by atoms with van der Waals surface area (Å²) in [6.45, 7) is 0.467. The third-order valence-corrected chi connectivity index (χ3v) is 4.62. The number of rotatable bonds is 5. The normalized spacial score (nSPS) is 11.7. The van der Waals surface area contributed by atoms with Gasteiger partial charge in [0.05, 0.1) is 23.5 Å². The van der Waals surface area contributed by atoms with Gasteiger partial charge in [-0.15, -0.1) is 5.10 Å². The first-order valence-corrected chi connectivity index (χ1v) is 7.72. The van der Waals surface area contributed by atoms with Crippen molar-refractivity contribution in [3.8, 4) is 0 Å². The van der Waals surface area contributed by atoms with E-state index in [4.69, 9.17) is 28.9 Å². The molecule has 0 spiro atoms. The number of hydrogen-bond donors (Lipinski definition) is 2. The topological polar surface area (TPSA) is 103 Å². The number of anilines is 1. The number of nitrogens with two attached hydrogens (primary N) is 1. The third-order valence-electron chi connectivity index (χ3n) is 2.41. The van der Waals surface area contributed by atoms with E-state index in [1.54, 1.807) is 6.20 Å². The minimum atomic E-state index is -3.82. The van der Waals surface area contributed by atoms with Crippen molar-refractivity contribution in [3.05, 3.63) is 34.6 Å². The SMILES string of the molecule is Nc1cc(Cl)cc(Cl)c1S(=O)(=O)NCCn1ccnn1. The fraction of sp³-hybridized carbons (Fsp3) is 0.200. The molecule has 0 saturated carbocycles. The van der Waals surface area contributed by atoms with Gasteiger partial charge in [0.25, 0.3) is 0 Å². The van der Waals surface area contributed by atoms with E-state index in [0.29, 0.717) is 6.54 Å². The van der Waals surface area contributed by atoms with E-state index in [-0.39, 0.29) is 27.2 Å². The van der Waals surface area contributed by atoms with Crippen LogP contribution in [0.5, 0.6) is 0 Å². The second-order valence-corrected chi connectivity index (χ2v) is 6.42. The van der Waals surface area contributed by atoms with Gasteiger partial charge in [0, 0.05) is 17.8 Å². The van der Waals surface area contributed by atoms with Crippen LogP contribution in [-0.2, 0) is 16.6 Å². The molecule has 1 aromatic heterocycles. The summed E-state index contributed by atoms with van der Waals surface area (Å²) in [6.07, 6.45) is 3.13. The molecule has 2 rings (SSSR count). The number of hydrogen-bond acceptors (Lipinski definition) is 5. The van der Waals surface area contributed by atoms with Crippen molar-refractivity contribution >= 4 is 38.9 Å². The van der Waals surface area contributed by atoms with E-state index in [2.05, 4.69) is 15.0 Å². The first-order chi connectivity index (χ1) is 9.40. The van der Waals surface area contributed by atoms with Crippen LogP contribution in [0, 0.1) is 0 Å². The Hall–Kier alpha value is -1.35. The lowest BCUT2D eigenvalue weighted by Crippen LogP contribution is -2.28. The van der Waals surface area contributed by atoms with Gasteiger partial charge in [-0.25, -0.2) is 13.1 Å². The zero-order valence-electron chi connectivity index (χ0n) is 10.1. The highest BCUT2D eigenvalue weighted by Crippen LogP contribution is 2.30. The van der Waals surface area contributed by atoms with E-state index in [1.165, 1.54) is 23.0 Å². The summed E-state index contributed by atoms with van der Waals surface area (Å²) in [5.41, 5.74) is 5.66. The van der Waals surface area contributed by atoms with Gasteiger partial charge >= 0.3 is 0 Å². The van der Waals surface area contributed by atoms with Crippen LogP contribution in [-0.4, -0.2) is 30.0 Å². The Morgan fingerprint density at radius 2 is 2.10 bits per heavy atom. The molecule has 0 radical (unpaired) electrons. The smallest absolute Gasteiger partial charge is 0.244 e. The van der Waals surface area contributed by atoms with Crippen LogP contribution in [0.1, 0.15) is 0 Å². The quantitative estimate of drug-likeness (QED) is 0.797. The highest BCUT2D eigenvalue weighted by atomic mass is 35.5. The zero-order valence-corrected chi connectivity index (χ0v) is 12.5. The summed E-state index contributed by atoms with van der Waals surface area (Å²) in [4.78, 5) is -0.179. The Morgan fingerprint density at radius 3 is 2.70 bits per heavy atom. The number of aromatic nitrogens is 3. The van der Waals surface area contributed by atoms with Crippen LogP contribution < -0.4 is 10.5 Å². The molecule has 0 bridgehead atoms. The fourth-order valence-electron chi connectivity index (χ4n) is 1.58. The monoisotopic (exact) mass is 335 g/mol. The standard InChI is InChI=1S/C10H11Cl2N5O2S/c11-7-5-8(12)10(9(13)6-7)20(18,19)15-2-4-17-3-1-14-16-17/h1,3,5-6,15H,2,4,13H2. The first-order valence-electron chi connectivity index (χ1n) is 5.48. The maximum atomic E-state index is 12.1. The Balaban J connectivity index is 2.14. The minimum Gasteiger partial charge on any atom is -0.398 e. The van der Waals surface area contributed by atoms with Crippen LogP contribution in [0.15, 0.2) is 29.4 Å². The van der Waals surface area contributed by atoms with Crippen molar-refractivity contribution < 1.29 is 8.42 Å². The van der Waals surface area contributed by atoms with Crippen molar-refractivity contribution in [2.45, 2.75) is 11.4 Å². The molecule has 1 aromatic carbocycles. The maximum Gasteiger partial charge on any atom is 0.244 e.